The number of aliphatic carboxylic acids is 1. The van der Waals surface area contributed by atoms with E-state index in [0.717, 1.165) is 45.3 Å². The van der Waals surface area contributed by atoms with Crippen LogP contribution in [0.4, 0.5) is 0 Å². The summed E-state index contributed by atoms with van der Waals surface area (Å²) >= 11 is 0. The third-order valence-electron chi connectivity index (χ3n) is 2.90. The van der Waals surface area contributed by atoms with Crippen molar-refractivity contribution in [2.75, 3.05) is 13.2 Å². The molecule has 0 bridgehead atoms. The van der Waals surface area contributed by atoms with E-state index in [-0.39, 0.29) is 5.92 Å². The molecular weight excluding hydrogens is 180 g/mol. The van der Waals surface area contributed by atoms with Gasteiger partial charge in [-0.1, -0.05) is 6.92 Å². The molecule has 0 aromatic carbocycles. The lowest BCUT2D eigenvalue weighted by atomic mass is 9.82. The second-order valence-electron chi connectivity index (χ2n) is 4.13. The highest BCUT2D eigenvalue weighted by molar-refractivity contribution is 5.69. The second kappa shape index (κ2) is 6.02. The maximum atomic E-state index is 10.7. The fraction of sp³-hybridized carbons (Fsp3) is 0.909. The van der Waals surface area contributed by atoms with Crippen molar-refractivity contribution < 1.29 is 14.6 Å². The van der Waals surface area contributed by atoms with Crippen LogP contribution in [0.2, 0.25) is 0 Å². The molecule has 14 heavy (non-hydrogen) atoms. The predicted molar refractivity (Wildman–Crippen MR) is 54.2 cm³/mol. The normalized spacial score (nSPS) is 27.5. The lowest BCUT2D eigenvalue weighted by Crippen LogP contribution is -2.23. The third kappa shape index (κ3) is 3.66. The van der Waals surface area contributed by atoms with Crippen LogP contribution in [0, 0.1) is 11.8 Å². The fourth-order valence-corrected chi connectivity index (χ4v) is 1.97. The van der Waals surface area contributed by atoms with E-state index < -0.39 is 5.97 Å². The Morgan fingerprint density at radius 1 is 1.36 bits per heavy atom. The lowest BCUT2D eigenvalue weighted by Gasteiger charge is -2.25. The van der Waals surface area contributed by atoms with Gasteiger partial charge in [0.15, 0.2) is 0 Å². The minimum absolute atomic E-state index is 0.0996. The molecule has 0 atom stereocenters. The summed E-state index contributed by atoms with van der Waals surface area (Å²) in [6.07, 6.45) is 4.75. The van der Waals surface area contributed by atoms with E-state index in [2.05, 4.69) is 6.92 Å². The first-order valence-electron chi connectivity index (χ1n) is 5.54. The Labute approximate surface area is 85.5 Å². The van der Waals surface area contributed by atoms with Gasteiger partial charge in [-0.3, -0.25) is 4.79 Å². The van der Waals surface area contributed by atoms with Gasteiger partial charge in [0.1, 0.15) is 0 Å². The Balaban J connectivity index is 2.12. The van der Waals surface area contributed by atoms with Crippen molar-refractivity contribution in [3.05, 3.63) is 0 Å². The minimum Gasteiger partial charge on any atom is -0.481 e. The maximum absolute atomic E-state index is 10.7. The minimum atomic E-state index is -0.627. The molecular formula is C11H20O3. The molecule has 0 unspecified atom stereocenters. The van der Waals surface area contributed by atoms with Crippen molar-refractivity contribution >= 4 is 5.97 Å². The van der Waals surface area contributed by atoms with Gasteiger partial charge in [0.25, 0.3) is 0 Å². The van der Waals surface area contributed by atoms with Gasteiger partial charge >= 0.3 is 5.97 Å². The molecule has 82 valence electrons. The predicted octanol–water partition coefficient (Wildman–Crippen LogP) is 2.30. The summed E-state index contributed by atoms with van der Waals surface area (Å²) < 4.78 is 5.47. The van der Waals surface area contributed by atoms with Gasteiger partial charge in [0, 0.05) is 13.2 Å². The molecule has 1 aliphatic rings. The molecule has 0 heterocycles. The number of carbonyl (C=O) groups is 1. The standard InChI is InChI=1S/C11H20O3/c1-2-7-14-8-9-3-5-10(6-4-9)11(12)13/h9-10H,2-8H2,1H3,(H,12,13). The van der Waals surface area contributed by atoms with Crippen molar-refractivity contribution in [2.45, 2.75) is 39.0 Å². The largest absolute Gasteiger partial charge is 0.481 e. The smallest absolute Gasteiger partial charge is 0.306 e. The molecule has 1 rings (SSSR count). The molecule has 1 aliphatic carbocycles. The van der Waals surface area contributed by atoms with E-state index >= 15 is 0 Å². The van der Waals surface area contributed by atoms with Crippen molar-refractivity contribution in [3.8, 4) is 0 Å². The molecule has 3 nitrogen and oxygen atoms in total. The summed E-state index contributed by atoms with van der Waals surface area (Å²) in [6.45, 7) is 3.75. The average molecular weight is 200 g/mol. The van der Waals surface area contributed by atoms with Gasteiger partial charge in [0.05, 0.1) is 5.92 Å². The Morgan fingerprint density at radius 3 is 2.50 bits per heavy atom. The first kappa shape index (κ1) is 11.5. The van der Waals surface area contributed by atoms with Gasteiger partial charge in [0.2, 0.25) is 0 Å². The molecule has 1 saturated carbocycles. The average Bonchev–Trinajstić information content (AvgIpc) is 2.19. The summed E-state index contributed by atoms with van der Waals surface area (Å²) in [5, 5.41) is 8.81. The van der Waals surface area contributed by atoms with E-state index in [4.69, 9.17) is 9.84 Å². The summed E-state index contributed by atoms with van der Waals surface area (Å²) in [4.78, 5) is 10.7. The SMILES string of the molecule is CCCOCC1CCC(C(=O)O)CC1. The number of rotatable bonds is 5. The highest BCUT2D eigenvalue weighted by atomic mass is 16.5. The number of carboxylic acids is 1. The van der Waals surface area contributed by atoms with E-state index in [0.29, 0.717) is 5.92 Å². The van der Waals surface area contributed by atoms with Crippen molar-refractivity contribution in [1.82, 2.24) is 0 Å². The zero-order valence-corrected chi connectivity index (χ0v) is 8.87. The topological polar surface area (TPSA) is 46.5 Å². The Bertz CT molecular complexity index is 171. The van der Waals surface area contributed by atoms with E-state index in [1.54, 1.807) is 0 Å². The quantitative estimate of drug-likeness (QED) is 0.693. The first-order valence-corrected chi connectivity index (χ1v) is 5.54. The van der Waals surface area contributed by atoms with Crippen LogP contribution in [0.1, 0.15) is 39.0 Å². The molecule has 3 heteroatoms. The molecule has 1 fully saturated rings. The Kier molecular flexibility index (Phi) is 4.94. The van der Waals surface area contributed by atoms with Crippen LogP contribution in [0.25, 0.3) is 0 Å². The van der Waals surface area contributed by atoms with Crippen LogP contribution >= 0.6 is 0 Å². The number of hydrogen-bond donors (Lipinski definition) is 1. The Morgan fingerprint density at radius 2 is 2.00 bits per heavy atom. The van der Waals surface area contributed by atoms with Crippen molar-refractivity contribution in [1.29, 1.82) is 0 Å². The summed E-state index contributed by atoms with van der Waals surface area (Å²) in [5.74, 6) is -0.132. The van der Waals surface area contributed by atoms with Crippen LogP contribution in [-0.4, -0.2) is 24.3 Å². The third-order valence-corrected chi connectivity index (χ3v) is 2.90. The molecule has 0 radical (unpaired) electrons. The van der Waals surface area contributed by atoms with Crippen molar-refractivity contribution in [3.63, 3.8) is 0 Å². The molecule has 0 aromatic heterocycles. The highest BCUT2D eigenvalue weighted by Gasteiger charge is 2.25. The fourth-order valence-electron chi connectivity index (χ4n) is 1.97. The summed E-state index contributed by atoms with van der Waals surface area (Å²) in [6, 6.07) is 0. The highest BCUT2D eigenvalue weighted by Crippen LogP contribution is 2.28. The lowest BCUT2D eigenvalue weighted by molar-refractivity contribution is -0.143. The number of carboxylic acid groups (broad SMARTS) is 1. The molecule has 0 aromatic rings. The second-order valence-corrected chi connectivity index (χ2v) is 4.13. The molecule has 0 aliphatic heterocycles. The first-order chi connectivity index (χ1) is 6.74. The van der Waals surface area contributed by atoms with Gasteiger partial charge in [-0.25, -0.2) is 0 Å². The zero-order chi connectivity index (χ0) is 10.4. The van der Waals surface area contributed by atoms with E-state index in [1.807, 2.05) is 0 Å². The van der Waals surface area contributed by atoms with Gasteiger partial charge in [-0.2, -0.15) is 0 Å². The molecule has 0 amide bonds. The van der Waals surface area contributed by atoms with Crippen LogP contribution in [-0.2, 0) is 9.53 Å². The molecule has 0 spiro atoms. The summed E-state index contributed by atoms with van der Waals surface area (Å²) in [7, 11) is 0. The van der Waals surface area contributed by atoms with E-state index in [9.17, 15) is 4.79 Å². The number of ether oxygens (including phenoxy) is 1. The monoisotopic (exact) mass is 200 g/mol. The summed E-state index contributed by atoms with van der Waals surface area (Å²) in [5.41, 5.74) is 0. The number of hydrogen-bond acceptors (Lipinski definition) is 2. The van der Waals surface area contributed by atoms with Crippen LogP contribution < -0.4 is 0 Å². The Hall–Kier alpha value is -0.570. The maximum Gasteiger partial charge on any atom is 0.306 e. The van der Waals surface area contributed by atoms with E-state index in [1.165, 1.54) is 0 Å². The zero-order valence-electron chi connectivity index (χ0n) is 8.87. The van der Waals surface area contributed by atoms with Gasteiger partial charge < -0.3 is 9.84 Å². The van der Waals surface area contributed by atoms with Crippen LogP contribution in [0.5, 0.6) is 0 Å². The van der Waals surface area contributed by atoms with Gasteiger partial charge in [-0.05, 0) is 38.0 Å². The van der Waals surface area contributed by atoms with Crippen molar-refractivity contribution in [2.24, 2.45) is 11.8 Å². The van der Waals surface area contributed by atoms with Gasteiger partial charge in [-0.15, -0.1) is 0 Å². The van der Waals surface area contributed by atoms with Crippen LogP contribution in [0.15, 0.2) is 0 Å². The van der Waals surface area contributed by atoms with Crippen LogP contribution in [0.3, 0.4) is 0 Å². The molecule has 0 saturated heterocycles. The molecule has 1 N–H and O–H groups in total.